The number of para-hydroxylation sites is 4. The van der Waals surface area contributed by atoms with E-state index in [2.05, 4.69) is 157 Å². The number of fused-ring (bicyclic) bond motifs is 10. The van der Waals surface area contributed by atoms with Crippen LogP contribution in [0.3, 0.4) is 0 Å². The zero-order chi connectivity index (χ0) is 38.3. The van der Waals surface area contributed by atoms with E-state index < -0.39 is 0 Å². The lowest BCUT2D eigenvalue weighted by atomic mass is 9.87. The predicted molar refractivity (Wildman–Crippen MR) is 240 cm³/mol. The number of benzene rings is 8. The van der Waals surface area contributed by atoms with Crippen molar-refractivity contribution in [3.63, 3.8) is 0 Å². The van der Waals surface area contributed by atoms with Gasteiger partial charge in [-0.2, -0.15) is 0 Å². The highest BCUT2D eigenvalue weighted by molar-refractivity contribution is 6.20. The number of aliphatic imine (C=N–C) groups is 2. The normalized spacial score (nSPS) is 18.2. The largest absolute Gasteiger partial charge is 0.456 e. The summed E-state index contributed by atoms with van der Waals surface area (Å²) in [4.78, 5) is 11.2. The van der Waals surface area contributed by atoms with Crippen molar-refractivity contribution in [1.29, 1.82) is 0 Å². The Morgan fingerprint density at radius 1 is 0.534 bits per heavy atom. The van der Waals surface area contributed by atoms with Crippen molar-refractivity contribution >= 4 is 88.0 Å². The average Bonchev–Trinajstić information content (AvgIpc) is 3.94. The molecular formula is C53H37N3O2. The fraction of sp³-hybridized carbons (Fsp3) is 0.0943. The van der Waals surface area contributed by atoms with E-state index in [1.54, 1.807) is 0 Å². The van der Waals surface area contributed by atoms with Crippen molar-refractivity contribution in [2.75, 3.05) is 0 Å². The highest BCUT2D eigenvalue weighted by Crippen LogP contribution is 2.44. The molecule has 0 N–H and O–H groups in total. The second-order valence-electron chi connectivity index (χ2n) is 15.7. The van der Waals surface area contributed by atoms with Crippen LogP contribution in [-0.4, -0.2) is 16.1 Å². The first kappa shape index (κ1) is 33.0. The lowest BCUT2D eigenvalue weighted by Gasteiger charge is -2.25. The van der Waals surface area contributed by atoms with Crippen molar-refractivity contribution in [1.82, 2.24) is 4.57 Å². The van der Waals surface area contributed by atoms with Crippen LogP contribution in [-0.2, 0) is 0 Å². The fourth-order valence-electron chi connectivity index (χ4n) is 9.39. The third-order valence-electron chi connectivity index (χ3n) is 12.2. The molecule has 11 aromatic rings. The quantitative estimate of drug-likeness (QED) is 0.180. The second-order valence-corrected chi connectivity index (χ2v) is 15.7. The summed E-state index contributed by atoms with van der Waals surface area (Å²) < 4.78 is 15.8. The van der Waals surface area contributed by atoms with E-state index in [1.165, 1.54) is 32.6 Å². The van der Waals surface area contributed by atoms with Crippen LogP contribution in [0.25, 0.3) is 82.1 Å². The standard InChI is InChI=1S/C53H37N3O2/c1-32-26-27-45(41-22-13-21-40-38-19-8-11-24-48(38)57-51(40)41)54-53(33-14-3-2-4-15-33)55-50(32)44-31-36(30-43-39-20-9-12-25-49(39)58-52(43)44)56-46-23-10-7-18-37(46)42-28-34-16-5-6-17-35(34)29-47(42)56/h2-25,28-32,50H,26-27H2,1H3/b54-45+,55-53-. The van der Waals surface area contributed by atoms with E-state index in [9.17, 15) is 0 Å². The number of hydrogen-bond donors (Lipinski definition) is 0. The van der Waals surface area contributed by atoms with Gasteiger partial charge in [-0.15, -0.1) is 0 Å². The molecule has 0 saturated carbocycles. The number of rotatable bonds is 4. The summed E-state index contributed by atoms with van der Waals surface area (Å²) in [6, 6.07) is 59.9. The van der Waals surface area contributed by atoms with E-state index in [0.717, 1.165) is 84.8 Å². The van der Waals surface area contributed by atoms with E-state index in [-0.39, 0.29) is 12.0 Å². The Kier molecular flexibility index (Phi) is 7.33. The lowest BCUT2D eigenvalue weighted by Crippen LogP contribution is -2.18. The maximum absolute atomic E-state index is 6.84. The molecule has 0 spiro atoms. The van der Waals surface area contributed by atoms with E-state index >= 15 is 0 Å². The summed E-state index contributed by atoms with van der Waals surface area (Å²) in [5.41, 5.74) is 11.0. The van der Waals surface area contributed by atoms with Crippen LogP contribution in [0.5, 0.6) is 0 Å². The molecule has 2 unspecified atom stereocenters. The van der Waals surface area contributed by atoms with E-state index in [4.69, 9.17) is 18.8 Å². The summed E-state index contributed by atoms with van der Waals surface area (Å²) in [5.74, 6) is 0.853. The minimum absolute atomic E-state index is 0.146. The van der Waals surface area contributed by atoms with Gasteiger partial charge in [-0.25, -0.2) is 4.99 Å². The zero-order valence-electron chi connectivity index (χ0n) is 31.9. The van der Waals surface area contributed by atoms with Gasteiger partial charge in [0.15, 0.2) is 5.84 Å². The molecule has 3 aromatic heterocycles. The lowest BCUT2D eigenvalue weighted by molar-refractivity contribution is 0.444. The molecule has 0 aliphatic carbocycles. The van der Waals surface area contributed by atoms with Gasteiger partial charge >= 0.3 is 0 Å². The third-order valence-corrected chi connectivity index (χ3v) is 12.2. The first-order valence-corrected chi connectivity index (χ1v) is 20.2. The SMILES string of the molecule is CC1CC/C(c2cccc3c2oc2ccccc23)=N\C(c2ccccc2)=N/C1c1cc(-n2c3ccccc3c3cc4ccccc4cc32)cc2c1oc1ccccc12. The van der Waals surface area contributed by atoms with Crippen LogP contribution in [0.2, 0.25) is 0 Å². The Hall–Kier alpha value is -7.24. The van der Waals surface area contributed by atoms with Crippen LogP contribution in [0.15, 0.2) is 189 Å². The molecule has 1 aliphatic rings. The molecule has 5 heteroatoms. The fourth-order valence-corrected chi connectivity index (χ4v) is 9.39. The van der Waals surface area contributed by atoms with Gasteiger partial charge in [0.2, 0.25) is 0 Å². The summed E-state index contributed by atoms with van der Waals surface area (Å²) in [6.07, 6.45) is 1.64. The molecule has 0 saturated heterocycles. The first-order valence-electron chi connectivity index (χ1n) is 20.2. The van der Waals surface area contributed by atoms with Crippen molar-refractivity contribution in [2.24, 2.45) is 15.9 Å². The summed E-state index contributed by atoms with van der Waals surface area (Å²) >= 11 is 0. The van der Waals surface area contributed by atoms with Gasteiger partial charge in [-0.3, -0.25) is 4.99 Å². The molecule has 8 aromatic carbocycles. The Bertz CT molecular complexity index is 3490. The molecule has 4 heterocycles. The molecular weight excluding hydrogens is 711 g/mol. The molecule has 1 aliphatic heterocycles. The molecule has 0 bridgehead atoms. The van der Waals surface area contributed by atoms with Crippen molar-refractivity contribution in [3.05, 3.63) is 187 Å². The summed E-state index contributed by atoms with van der Waals surface area (Å²) in [7, 11) is 0. The Balaban J connectivity index is 1.12. The number of nitrogens with zero attached hydrogens (tertiary/aromatic N) is 3. The van der Waals surface area contributed by atoms with Crippen LogP contribution < -0.4 is 0 Å². The Morgan fingerprint density at radius 3 is 2.00 bits per heavy atom. The van der Waals surface area contributed by atoms with Gasteiger partial charge in [-0.1, -0.05) is 128 Å². The molecule has 0 fully saturated rings. The first-order chi connectivity index (χ1) is 28.7. The van der Waals surface area contributed by atoms with Gasteiger partial charge < -0.3 is 13.4 Å². The van der Waals surface area contributed by atoms with Gasteiger partial charge in [-0.05, 0) is 78.1 Å². The van der Waals surface area contributed by atoms with Crippen molar-refractivity contribution in [2.45, 2.75) is 25.8 Å². The summed E-state index contributed by atoms with van der Waals surface area (Å²) in [5, 5.41) is 9.30. The highest BCUT2D eigenvalue weighted by atomic mass is 16.3. The number of hydrogen-bond acceptors (Lipinski definition) is 4. The molecule has 12 rings (SSSR count). The molecule has 2 atom stereocenters. The number of aromatic nitrogens is 1. The van der Waals surface area contributed by atoms with Crippen molar-refractivity contribution in [3.8, 4) is 5.69 Å². The number of furan rings is 2. The monoisotopic (exact) mass is 747 g/mol. The Labute approximate surface area is 334 Å². The van der Waals surface area contributed by atoms with Gasteiger partial charge in [0, 0.05) is 54.7 Å². The van der Waals surface area contributed by atoms with Crippen LogP contribution in [0, 0.1) is 5.92 Å². The average molecular weight is 748 g/mol. The minimum Gasteiger partial charge on any atom is -0.456 e. The van der Waals surface area contributed by atoms with Gasteiger partial charge in [0.1, 0.15) is 22.3 Å². The topological polar surface area (TPSA) is 55.9 Å². The second kappa shape index (κ2) is 12.9. The minimum atomic E-state index is -0.237. The van der Waals surface area contributed by atoms with E-state index in [1.807, 2.05) is 24.3 Å². The smallest absolute Gasteiger partial charge is 0.155 e. The van der Waals surface area contributed by atoms with E-state index in [0.29, 0.717) is 5.84 Å². The van der Waals surface area contributed by atoms with Crippen LogP contribution in [0.1, 0.15) is 42.5 Å². The number of amidine groups is 1. The highest BCUT2D eigenvalue weighted by Gasteiger charge is 2.29. The maximum Gasteiger partial charge on any atom is 0.155 e. The van der Waals surface area contributed by atoms with Crippen molar-refractivity contribution < 1.29 is 8.83 Å². The maximum atomic E-state index is 6.84. The van der Waals surface area contributed by atoms with Gasteiger partial charge in [0.05, 0.1) is 22.8 Å². The summed E-state index contributed by atoms with van der Waals surface area (Å²) in [6.45, 7) is 2.33. The molecule has 276 valence electrons. The zero-order valence-corrected chi connectivity index (χ0v) is 31.9. The van der Waals surface area contributed by atoms with Crippen LogP contribution >= 0.6 is 0 Å². The third kappa shape index (κ3) is 5.09. The van der Waals surface area contributed by atoms with Crippen LogP contribution in [0.4, 0.5) is 0 Å². The molecule has 0 radical (unpaired) electrons. The molecule has 58 heavy (non-hydrogen) atoms. The predicted octanol–water partition coefficient (Wildman–Crippen LogP) is 14.1. The van der Waals surface area contributed by atoms with Gasteiger partial charge in [0.25, 0.3) is 0 Å². The molecule has 0 amide bonds. The Morgan fingerprint density at radius 2 is 1.19 bits per heavy atom. The molecule has 5 nitrogen and oxygen atoms in total.